The van der Waals surface area contributed by atoms with E-state index >= 15 is 0 Å². The Hall–Kier alpha value is -1.43. The van der Waals surface area contributed by atoms with Gasteiger partial charge in [0, 0.05) is 32.2 Å². The van der Waals surface area contributed by atoms with Crippen molar-refractivity contribution in [3.63, 3.8) is 0 Å². The van der Waals surface area contributed by atoms with Crippen LogP contribution in [0, 0.1) is 46.8 Å². The molecule has 0 saturated heterocycles. The highest BCUT2D eigenvalue weighted by Gasteiger charge is 2.54. The molecule has 1 aromatic rings. The lowest BCUT2D eigenvalue weighted by Crippen LogP contribution is -2.44. The molecule has 1 heterocycles. The molecule has 2 saturated carbocycles. The Labute approximate surface area is 372 Å². The molecule has 4 rings (SSSR count). The van der Waals surface area contributed by atoms with E-state index in [1.54, 1.807) is 0 Å². The standard InChI is InChI=1S/C55H98N2O3/c1-7-8-9-10-11-12-13-14-15-16-17-18-19-20-21-24-40-58-44-50(43-57-39-38-56-45-57)60-42-26-25-41-59-49-30-22-23-31-52-51(47(4)32-33-49)36-37-55(6)53(34-35-54(52)55)48(5)29-27-28-46(2)3/h14-15,22-23,38-39,45-54H,7-13,16-21,24-37,40-44H2,1-6H3. The van der Waals surface area contributed by atoms with Crippen molar-refractivity contribution in [3.8, 4) is 0 Å². The fraction of sp³-hybridized carbons (Fsp3) is 0.873. The molecule has 0 radical (unpaired) electrons. The van der Waals surface area contributed by atoms with Crippen molar-refractivity contribution >= 4 is 0 Å². The van der Waals surface area contributed by atoms with E-state index in [4.69, 9.17) is 14.2 Å². The minimum absolute atomic E-state index is 0.0499. The van der Waals surface area contributed by atoms with Gasteiger partial charge in [-0.1, -0.05) is 143 Å². The van der Waals surface area contributed by atoms with Gasteiger partial charge in [0.1, 0.15) is 0 Å². The van der Waals surface area contributed by atoms with Crippen LogP contribution in [0.5, 0.6) is 0 Å². The third-order valence-corrected chi connectivity index (χ3v) is 15.7. The van der Waals surface area contributed by atoms with Crippen molar-refractivity contribution in [1.29, 1.82) is 0 Å². The van der Waals surface area contributed by atoms with E-state index in [0.29, 0.717) is 18.1 Å². The first-order valence-electron chi connectivity index (χ1n) is 26.4. The maximum atomic E-state index is 6.59. The number of allylic oxidation sites excluding steroid dienone is 3. The summed E-state index contributed by atoms with van der Waals surface area (Å²) < 4.78 is 21.3. The van der Waals surface area contributed by atoms with Gasteiger partial charge in [0.15, 0.2) is 0 Å². The largest absolute Gasteiger partial charge is 0.379 e. The maximum Gasteiger partial charge on any atom is 0.0987 e. The molecular weight excluding hydrogens is 737 g/mol. The highest BCUT2D eigenvalue weighted by atomic mass is 16.5. The zero-order chi connectivity index (χ0) is 42.7. The average Bonchev–Trinajstić information content (AvgIpc) is 3.88. The lowest BCUT2D eigenvalue weighted by Gasteiger charge is -2.51. The van der Waals surface area contributed by atoms with E-state index in [1.165, 1.54) is 148 Å². The van der Waals surface area contributed by atoms with E-state index in [0.717, 1.165) is 93.5 Å². The third kappa shape index (κ3) is 19.1. The quantitative estimate of drug-likeness (QED) is 0.0536. The average molecular weight is 835 g/mol. The molecule has 0 aromatic carbocycles. The lowest BCUT2D eigenvalue weighted by molar-refractivity contribution is -0.0311. The van der Waals surface area contributed by atoms with Gasteiger partial charge in [-0.3, -0.25) is 0 Å². The normalized spacial score (nSPS) is 27.1. The van der Waals surface area contributed by atoms with Crippen molar-refractivity contribution in [2.24, 2.45) is 46.8 Å². The molecule has 0 N–H and O–H groups in total. The first-order chi connectivity index (χ1) is 29.3. The number of imidazole rings is 1. The fourth-order valence-electron chi connectivity index (χ4n) is 12.0. The van der Waals surface area contributed by atoms with Gasteiger partial charge in [-0.2, -0.15) is 0 Å². The van der Waals surface area contributed by atoms with E-state index in [2.05, 4.69) is 75.4 Å². The summed E-state index contributed by atoms with van der Waals surface area (Å²) in [6, 6.07) is 0. The number of hydrogen-bond acceptors (Lipinski definition) is 4. The number of nitrogens with zero attached hydrogens (tertiary/aromatic N) is 2. The molecule has 2 fully saturated rings. The van der Waals surface area contributed by atoms with Gasteiger partial charge in [0.2, 0.25) is 0 Å². The Kier molecular flexibility index (Phi) is 26.1. The van der Waals surface area contributed by atoms with Gasteiger partial charge < -0.3 is 18.8 Å². The van der Waals surface area contributed by atoms with Gasteiger partial charge in [0.05, 0.1) is 31.7 Å². The molecular formula is C55H98N2O3. The zero-order valence-electron chi connectivity index (χ0n) is 40.5. The van der Waals surface area contributed by atoms with Crippen molar-refractivity contribution in [1.82, 2.24) is 9.55 Å². The van der Waals surface area contributed by atoms with Crippen LogP contribution >= 0.6 is 0 Å². The Bertz CT molecular complexity index is 1230. The van der Waals surface area contributed by atoms with Gasteiger partial charge in [-0.25, -0.2) is 4.98 Å². The topological polar surface area (TPSA) is 45.5 Å². The second-order valence-corrected chi connectivity index (χ2v) is 20.9. The summed E-state index contributed by atoms with van der Waals surface area (Å²) in [5.74, 6) is 6.12. The van der Waals surface area contributed by atoms with Crippen LogP contribution < -0.4 is 0 Å². The zero-order valence-corrected chi connectivity index (χ0v) is 40.5. The van der Waals surface area contributed by atoms with Crippen LogP contribution in [0.1, 0.15) is 215 Å². The molecule has 0 amide bonds. The number of fused-ring (bicyclic) bond motifs is 3. The molecule has 3 aliphatic rings. The lowest BCUT2D eigenvalue weighted by atomic mass is 9.53. The van der Waals surface area contributed by atoms with Crippen LogP contribution in [0.2, 0.25) is 0 Å². The Morgan fingerprint density at radius 2 is 1.43 bits per heavy atom. The van der Waals surface area contributed by atoms with Gasteiger partial charge >= 0.3 is 0 Å². The van der Waals surface area contributed by atoms with Gasteiger partial charge in [-0.15, -0.1) is 0 Å². The van der Waals surface area contributed by atoms with Gasteiger partial charge in [-0.05, 0) is 143 Å². The number of hydrogen-bond donors (Lipinski definition) is 0. The predicted octanol–water partition coefficient (Wildman–Crippen LogP) is 15.8. The predicted molar refractivity (Wildman–Crippen MR) is 256 cm³/mol. The Morgan fingerprint density at radius 1 is 0.733 bits per heavy atom. The van der Waals surface area contributed by atoms with Crippen molar-refractivity contribution in [2.45, 2.75) is 234 Å². The highest BCUT2D eigenvalue weighted by Crippen LogP contribution is 2.63. The van der Waals surface area contributed by atoms with Crippen LogP contribution in [0.15, 0.2) is 43.0 Å². The molecule has 5 heteroatoms. The smallest absolute Gasteiger partial charge is 0.0987 e. The second kappa shape index (κ2) is 30.6. The van der Waals surface area contributed by atoms with Crippen molar-refractivity contribution in [3.05, 3.63) is 43.0 Å². The van der Waals surface area contributed by atoms with E-state index in [9.17, 15) is 0 Å². The van der Waals surface area contributed by atoms with E-state index < -0.39 is 0 Å². The van der Waals surface area contributed by atoms with E-state index in [-0.39, 0.29) is 6.10 Å². The first kappa shape index (κ1) is 51.2. The number of rotatable bonds is 32. The van der Waals surface area contributed by atoms with Crippen molar-refractivity contribution < 1.29 is 14.2 Å². The third-order valence-electron chi connectivity index (χ3n) is 15.7. The molecule has 9 atom stereocenters. The first-order valence-corrected chi connectivity index (χ1v) is 26.4. The molecule has 346 valence electrons. The SMILES string of the molecule is CCCCCCCCC=CCCCCCCCCOCC(Cn1ccnc1)OCCCCOC1CC=CCC2C(CCC3(C)C(C(C)CCCC(C)C)CCC23)C(C)CC1. The van der Waals surface area contributed by atoms with E-state index in [1.807, 2.05) is 18.7 Å². The molecule has 1 aromatic heterocycles. The summed E-state index contributed by atoms with van der Waals surface area (Å²) in [5.41, 5.74) is 0.557. The summed E-state index contributed by atoms with van der Waals surface area (Å²) in [6.07, 6.45) is 51.7. The molecule has 9 unspecified atom stereocenters. The molecule has 0 spiro atoms. The van der Waals surface area contributed by atoms with Gasteiger partial charge in [0.25, 0.3) is 0 Å². The number of unbranched alkanes of at least 4 members (excludes halogenated alkanes) is 13. The minimum atomic E-state index is 0.0499. The Balaban J connectivity index is 1.06. The summed E-state index contributed by atoms with van der Waals surface area (Å²) in [6.45, 7) is 18.8. The van der Waals surface area contributed by atoms with Crippen molar-refractivity contribution in [2.75, 3.05) is 26.4 Å². The van der Waals surface area contributed by atoms with Crippen LogP contribution in [-0.4, -0.2) is 48.2 Å². The molecule has 60 heavy (non-hydrogen) atoms. The second-order valence-electron chi connectivity index (χ2n) is 20.9. The molecule has 0 bridgehead atoms. The summed E-state index contributed by atoms with van der Waals surface area (Å²) >= 11 is 0. The number of ether oxygens (including phenoxy) is 3. The maximum absolute atomic E-state index is 6.59. The van der Waals surface area contributed by atoms with Crippen LogP contribution in [-0.2, 0) is 20.8 Å². The minimum Gasteiger partial charge on any atom is -0.379 e. The summed E-state index contributed by atoms with van der Waals surface area (Å²) in [5, 5.41) is 0. The van der Waals surface area contributed by atoms with Crippen LogP contribution in [0.3, 0.4) is 0 Å². The molecule has 3 aliphatic carbocycles. The Morgan fingerprint density at radius 3 is 2.17 bits per heavy atom. The molecule has 0 aliphatic heterocycles. The highest BCUT2D eigenvalue weighted by molar-refractivity contribution is 5.06. The van der Waals surface area contributed by atoms with Crippen LogP contribution in [0.25, 0.3) is 0 Å². The summed E-state index contributed by atoms with van der Waals surface area (Å²) in [4.78, 5) is 4.25. The van der Waals surface area contributed by atoms with Crippen LogP contribution in [0.4, 0.5) is 0 Å². The monoisotopic (exact) mass is 835 g/mol. The fourth-order valence-corrected chi connectivity index (χ4v) is 12.0. The number of aromatic nitrogens is 2. The summed E-state index contributed by atoms with van der Waals surface area (Å²) in [7, 11) is 0. The molecule has 5 nitrogen and oxygen atoms in total.